The summed E-state index contributed by atoms with van der Waals surface area (Å²) < 4.78 is 15.7. The average Bonchev–Trinajstić information content (AvgIpc) is 3.43. The molecule has 1 aliphatic rings. The number of fused-ring (bicyclic) bond motifs is 1. The molecule has 0 atom stereocenters. The Labute approximate surface area is 174 Å². The number of aromatic amines is 1. The lowest BCUT2D eigenvalue weighted by atomic mass is 10.1. The molecule has 0 radical (unpaired) electrons. The van der Waals surface area contributed by atoms with Gasteiger partial charge in [-0.15, -0.1) is 11.3 Å². The van der Waals surface area contributed by atoms with Gasteiger partial charge in [0.15, 0.2) is 17.3 Å². The second-order valence-electron chi connectivity index (χ2n) is 6.50. The highest BCUT2D eigenvalue weighted by atomic mass is 32.1. The van der Waals surface area contributed by atoms with E-state index in [0.717, 1.165) is 16.2 Å². The molecule has 2 aromatic carbocycles. The Balaban J connectivity index is 1.34. The van der Waals surface area contributed by atoms with Crippen LogP contribution in [0.5, 0.6) is 11.5 Å². The summed E-state index contributed by atoms with van der Waals surface area (Å²) in [4.78, 5) is 27.9. The van der Waals surface area contributed by atoms with Crippen molar-refractivity contribution in [3.63, 3.8) is 0 Å². The molecule has 1 aliphatic heterocycles. The van der Waals surface area contributed by atoms with Crippen molar-refractivity contribution in [2.24, 2.45) is 0 Å². The van der Waals surface area contributed by atoms with E-state index in [2.05, 4.69) is 20.0 Å². The van der Waals surface area contributed by atoms with Crippen molar-refractivity contribution in [1.82, 2.24) is 10.1 Å². The van der Waals surface area contributed by atoms with Crippen LogP contribution >= 0.6 is 11.3 Å². The normalized spacial score (nSPS) is 12.5. The van der Waals surface area contributed by atoms with Crippen molar-refractivity contribution in [3.05, 3.63) is 70.0 Å². The highest BCUT2D eigenvalue weighted by Gasteiger charge is 2.15. The average molecular weight is 421 g/mol. The minimum absolute atomic E-state index is 0.227. The summed E-state index contributed by atoms with van der Waals surface area (Å²) in [5.74, 6) is 0.876. The summed E-state index contributed by atoms with van der Waals surface area (Å²) >= 11 is 1.38. The van der Waals surface area contributed by atoms with Crippen molar-refractivity contribution in [1.29, 1.82) is 0 Å². The van der Waals surface area contributed by atoms with Gasteiger partial charge in [-0.05, 0) is 48.0 Å². The third kappa shape index (κ3) is 3.58. The van der Waals surface area contributed by atoms with E-state index in [1.54, 1.807) is 30.3 Å². The number of hydrogen-bond acceptors (Lipinski definition) is 7. The number of nitrogens with zero attached hydrogens (tertiary/aromatic N) is 1. The fourth-order valence-electron chi connectivity index (χ4n) is 3.10. The molecule has 5 rings (SSSR count). The van der Waals surface area contributed by atoms with Gasteiger partial charge in [0.05, 0.1) is 4.88 Å². The van der Waals surface area contributed by atoms with E-state index in [4.69, 9.17) is 9.47 Å². The number of benzene rings is 2. The lowest BCUT2D eigenvalue weighted by Crippen LogP contribution is -2.15. The molecule has 2 N–H and O–H groups in total. The first-order valence-corrected chi connectivity index (χ1v) is 9.95. The fraction of sp³-hybridized carbons (Fsp3) is 0.0952. The van der Waals surface area contributed by atoms with Gasteiger partial charge in [0.2, 0.25) is 0 Å². The molecule has 0 unspecified atom stereocenters. The van der Waals surface area contributed by atoms with Gasteiger partial charge in [-0.25, -0.2) is 4.79 Å². The zero-order valence-corrected chi connectivity index (χ0v) is 16.3. The zero-order chi connectivity index (χ0) is 20.5. The molecular weight excluding hydrogens is 406 g/mol. The molecule has 4 aromatic rings. The predicted molar refractivity (Wildman–Crippen MR) is 111 cm³/mol. The molecule has 150 valence electrons. The van der Waals surface area contributed by atoms with Crippen molar-refractivity contribution in [2.75, 3.05) is 18.5 Å². The first-order valence-electron chi connectivity index (χ1n) is 9.13. The Bertz CT molecular complexity index is 1290. The van der Waals surface area contributed by atoms with Crippen LogP contribution in [0, 0.1) is 0 Å². The van der Waals surface area contributed by atoms with Crippen LogP contribution in [0.3, 0.4) is 0 Å². The van der Waals surface area contributed by atoms with Crippen LogP contribution < -0.4 is 20.5 Å². The maximum Gasteiger partial charge on any atom is 0.439 e. The molecule has 9 heteroatoms. The van der Waals surface area contributed by atoms with E-state index in [1.165, 1.54) is 11.3 Å². The predicted octanol–water partition coefficient (Wildman–Crippen LogP) is 3.78. The van der Waals surface area contributed by atoms with Crippen molar-refractivity contribution in [2.45, 2.75) is 0 Å². The molecule has 30 heavy (non-hydrogen) atoms. The maximum atomic E-state index is 12.7. The highest BCUT2D eigenvalue weighted by molar-refractivity contribution is 7.17. The number of rotatable bonds is 4. The Morgan fingerprint density at radius 2 is 1.87 bits per heavy atom. The van der Waals surface area contributed by atoms with Gasteiger partial charge in [-0.2, -0.15) is 0 Å². The third-order valence-electron chi connectivity index (χ3n) is 4.49. The van der Waals surface area contributed by atoms with Crippen molar-refractivity contribution < 1.29 is 18.8 Å². The molecule has 0 aliphatic carbocycles. The van der Waals surface area contributed by atoms with Crippen LogP contribution in [0.15, 0.2) is 63.9 Å². The van der Waals surface area contributed by atoms with Gasteiger partial charge in [0, 0.05) is 16.1 Å². The number of amides is 1. The largest absolute Gasteiger partial charge is 0.486 e. The lowest BCUT2D eigenvalue weighted by molar-refractivity contribution is 0.103. The number of hydrogen-bond donors (Lipinski definition) is 2. The van der Waals surface area contributed by atoms with Crippen LogP contribution in [-0.4, -0.2) is 29.3 Å². The second kappa shape index (κ2) is 7.53. The minimum atomic E-state index is -0.635. The standard InChI is InChI=1S/C21H15N3O5S/c25-20(22-14-3-1-2-13(10-14)19-23-21(26)29-24-19)18-7-6-17(30-18)12-4-5-15-16(11-12)28-9-8-27-15/h1-7,10-11H,8-9H2,(H,22,25)(H,23,24,26). The third-order valence-corrected chi connectivity index (χ3v) is 5.62. The maximum absolute atomic E-state index is 12.7. The lowest BCUT2D eigenvalue weighted by Gasteiger charge is -2.18. The Kier molecular flexibility index (Phi) is 4.56. The van der Waals surface area contributed by atoms with Gasteiger partial charge in [0.1, 0.15) is 13.2 Å². The molecule has 0 fully saturated rings. The van der Waals surface area contributed by atoms with Crippen LogP contribution in [0.1, 0.15) is 9.67 Å². The van der Waals surface area contributed by atoms with Crippen LogP contribution in [-0.2, 0) is 0 Å². The van der Waals surface area contributed by atoms with E-state index >= 15 is 0 Å². The van der Waals surface area contributed by atoms with Gasteiger partial charge >= 0.3 is 5.76 Å². The summed E-state index contributed by atoms with van der Waals surface area (Å²) in [5.41, 5.74) is 2.16. The summed E-state index contributed by atoms with van der Waals surface area (Å²) in [5, 5.41) is 6.53. The number of carbonyl (C=O) groups is 1. The number of ether oxygens (including phenoxy) is 2. The molecule has 0 saturated heterocycles. The molecule has 3 heterocycles. The molecule has 0 spiro atoms. The van der Waals surface area contributed by atoms with E-state index in [-0.39, 0.29) is 5.91 Å². The van der Waals surface area contributed by atoms with E-state index in [1.807, 2.05) is 24.3 Å². The SMILES string of the molecule is O=C(Nc1cccc(-c2noc(=O)[nH]2)c1)c1ccc(-c2ccc3c(c2)OCCO3)s1. The van der Waals surface area contributed by atoms with Crippen LogP contribution in [0.4, 0.5) is 5.69 Å². The molecule has 2 aromatic heterocycles. The Morgan fingerprint density at radius 1 is 1.00 bits per heavy atom. The van der Waals surface area contributed by atoms with E-state index in [0.29, 0.717) is 40.9 Å². The monoisotopic (exact) mass is 421 g/mol. The van der Waals surface area contributed by atoms with Gasteiger partial charge in [-0.3, -0.25) is 14.3 Å². The van der Waals surface area contributed by atoms with Crippen molar-refractivity contribution in [3.8, 4) is 33.3 Å². The van der Waals surface area contributed by atoms with E-state index in [9.17, 15) is 9.59 Å². The first kappa shape index (κ1) is 18.2. The molecule has 1 amide bonds. The van der Waals surface area contributed by atoms with Gasteiger partial charge in [0.25, 0.3) is 5.91 Å². The summed E-state index contributed by atoms with van der Waals surface area (Å²) in [6.07, 6.45) is 0. The van der Waals surface area contributed by atoms with Crippen molar-refractivity contribution >= 4 is 22.9 Å². The molecule has 0 bridgehead atoms. The highest BCUT2D eigenvalue weighted by Crippen LogP contribution is 2.37. The van der Waals surface area contributed by atoms with Crippen LogP contribution in [0.25, 0.3) is 21.8 Å². The number of thiophene rings is 1. The van der Waals surface area contributed by atoms with Gasteiger partial charge in [-0.1, -0.05) is 17.3 Å². The second-order valence-corrected chi connectivity index (χ2v) is 7.58. The van der Waals surface area contributed by atoms with Gasteiger partial charge < -0.3 is 14.8 Å². The first-order chi connectivity index (χ1) is 14.7. The number of aromatic nitrogens is 2. The Hall–Kier alpha value is -3.85. The molecular formula is C21H15N3O5S. The zero-order valence-electron chi connectivity index (χ0n) is 15.5. The van der Waals surface area contributed by atoms with Crippen LogP contribution in [0.2, 0.25) is 0 Å². The number of nitrogens with one attached hydrogen (secondary N) is 2. The number of anilines is 1. The quantitative estimate of drug-likeness (QED) is 0.519. The fourth-order valence-corrected chi connectivity index (χ4v) is 4.00. The smallest absolute Gasteiger partial charge is 0.439 e. The van der Waals surface area contributed by atoms with E-state index < -0.39 is 5.76 Å². The minimum Gasteiger partial charge on any atom is -0.486 e. The Morgan fingerprint density at radius 3 is 2.70 bits per heavy atom. The topological polar surface area (TPSA) is 106 Å². The molecule has 0 saturated carbocycles. The number of H-pyrrole nitrogens is 1. The summed E-state index contributed by atoms with van der Waals surface area (Å²) in [6.45, 7) is 1.07. The summed E-state index contributed by atoms with van der Waals surface area (Å²) in [7, 11) is 0. The summed E-state index contributed by atoms with van der Waals surface area (Å²) in [6, 6.07) is 16.4. The molecule has 8 nitrogen and oxygen atoms in total. The number of carbonyl (C=O) groups excluding carboxylic acids is 1.